The Morgan fingerprint density at radius 2 is 2.18 bits per heavy atom. The summed E-state index contributed by atoms with van der Waals surface area (Å²) in [6.07, 6.45) is 2.75. The van der Waals surface area contributed by atoms with Crippen LogP contribution in [-0.4, -0.2) is 18.1 Å². The van der Waals surface area contributed by atoms with Gasteiger partial charge in [0.25, 0.3) is 0 Å². The first-order valence-electron chi connectivity index (χ1n) is 5.73. The Bertz CT molecular complexity index is 520. The van der Waals surface area contributed by atoms with Crippen molar-refractivity contribution in [2.45, 2.75) is 6.42 Å². The minimum atomic E-state index is 0.609. The van der Waals surface area contributed by atoms with Gasteiger partial charge in [-0.3, -0.25) is 0 Å². The molecule has 0 amide bonds. The van der Waals surface area contributed by atoms with E-state index in [4.69, 9.17) is 16.0 Å². The number of nitrogens with zero attached hydrogens (tertiary/aromatic N) is 1. The third kappa shape index (κ3) is 2.21. The quantitative estimate of drug-likeness (QED) is 0.908. The minimum Gasteiger partial charge on any atom is -0.441 e. The Morgan fingerprint density at radius 1 is 1.35 bits per heavy atom. The zero-order valence-electron chi connectivity index (χ0n) is 9.32. The number of rotatable bonds is 3. The first-order chi connectivity index (χ1) is 8.33. The van der Waals surface area contributed by atoms with E-state index in [1.807, 2.05) is 24.3 Å². The van der Waals surface area contributed by atoms with Crippen molar-refractivity contribution in [1.29, 1.82) is 0 Å². The fourth-order valence-electron chi connectivity index (χ4n) is 1.94. The van der Waals surface area contributed by atoms with Gasteiger partial charge in [0.1, 0.15) is 5.76 Å². The highest BCUT2D eigenvalue weighted by Gasteiger charge is 2.19. The van der Waals surface area contributed by atoms with Gasteiger partial charge >= 0.3 is 0 Å². The number of benzene rings is 1. The fraction of sp³-hybridized carbons (Fsp3) is 0.308. The molecule has 1 saturated heterocycles. The molecule has 0 aliphatic carbocycles. The summed E-state index contributed by atoms with van der Waals surface area (Å²) in [7, 11) is 0. The van der Waals surface area contributed by atoms with Gasteiger partial charge in [0.2, 0.25) is 5.89 Å². The van der Waals surface area contributed by atoms with Crippen LogP contribution in [0.5, 0.6) is 0 Å². The summed E-state index contributed by atoms with van der Waals surface area (Å²) >= 11 is 6.10. The molecular formula is C13H13ClN2O. The maximum atomic E-state index is 6.10. The fourth-order valence-corrected chi connectivity index (χ4v) is 2.15. The van der Waals surface area contributed by atoms with Gasteiger partial charge in [0.05, 0.1) is 16.8 Å². The molecule has 1 aliphatic rings. The van der Waals surface area contributed by atoms with Crippen LogP contribution in [0.3, 0.4) is 0 Å². The third-order valence-electron chi connectivity index (χ3n) is 3.01. The Labute approximate surface area is 105 Å². The van der Waals surface area contributed by atoms with Crippen LogP contribution in [0.4, 0.5) is 0 Å². The molecule has 0 radical (unpaired) electrons. The summed E-state index contributed by atoms with van der Waals surface area (Å²) < 4.78 is 5.73. The molecule has 0 spiro atoms. The van der Waals surface area contributed by atoms with E-state index in [2.05, 4.69) is 10.3 Å². The van der Waals surface area contributed by atoms with Gasteiger partial charge in [0.15, 0.2) is 0 Å². The second-order valence-corrected chi connectivity index (χ2v) is 4.75. The summed E-state index contributed by atoms with van der Waals surface area (Å²) in [6.45, 7) is 2.14. The molecule has 0 atom stereocenters. The maximum Gasteiger partial charge on any atom is 0.227 e. The van der Waals surface area contributed by atoms with Crippen LogP contribution in [-0.2, 0) is 6.42 Å². The van der Waals surface area contributed by atoms with E-state index in [-0.39, 0.29) is 0 Å². The number of aromatic nitrogens is 1. The van der Waals surface area contributed by atoms with Crippen LogP contribution < -0.4 is 5.32 Å². The first kappa shape index (κ1) is 10.8. The van der Waals surface area contributed by atoms with Gasteiger partial charge < -0.3 is 9.73 Å². The number of hydrogen-bond donors (Lipinski definition) is 1. The lowest BCUT2D eigenvalue weighted by Crippen LogP contribution is -2.42. The molecule has 1 aromatic carbocycles. The summed E-state index contributed by atoms with van der Waals surface area (Å²) in [5, 5.41) is 3.92. The summed E-state index contributed by atoms with van der Waals surface area (Å²) in [4.78, 5) is 4.29. The third-order valence-corrected chi connectivity index (χ3v) is 3.34. The molecule has 1 aliphatic heterocycles. The van der Waals surface area contributed by atoms with Crippen molar-refractivity contribution in [3.63, 3.8) is 0 Å². The van der Waals surface area contributed by atoms with Crippen LogP contribution in [0.15, 0.2) is 34.9 Å². The molecule has 0 bridgehead atoms. The van der Waals surface area contributed by atoms with E-state index in [1.165, 1.54) is 0 Å². The molecule has 17 heavy (non-hydrogen) atoms. The SMILES string of the molecule is Clc1ccccc1-c1ncc(CC2CNC2)o1. The minimum absolute atomic E-state index is 0.609. The monoisotopic (exact) mass is 248 g/mol. The molecule has 3 nitrogen and oxygen atoms in total. The van der Waals surface area contributed by atoms with Crippen LogP contribution >= 0.6 is 11.6 Å². The van der Waals surface area contributed by atoms with Crippen molar-refractivity contribution in [3.05, 3.63) is 41.2 Å². The lowest BCUT2D eigenvalue weighted by molar-refractivity contribution is 0.324. The standard InChI is InChI=1S/C13H13ClN2O/c14-12-4-2-1-3-11(12)13-16-8-10(17-13)5-9-6-15-7-9/h1-4,8-9,15H,5-7H2. The van der Waals surface area contributed by atoms with Gasteiger partial charge in [-0.2, -0.15) is 0 Å². The Morgan fingerprint density at radius 3 is 2.88 bits per heavy atom. The van der Waals surface area contributed by atoms with Crippen molar-refractivity contribution < 1.29 is 4.42 Å². The molecule has 2 aromatic rings. The van der Waals surface area contributed by atoms with Gasteiger partial charge in [-0.25, -0.2) is 4.98 Å². The average molecular weight is 249 g/mol. The maximum absolute atomic E-state index is 6.10. The largest absolute Gasteiger partial charge is 0.441 e. The van der Waals surface area contributed by atoms with Crippen LogP contribution in [0.25, 0.3) is 11.5 Å². The second-order valence-electron chi connectivity index (χ2n) is 4.34. The van der Waals surface area contributed by atoms with Crippen LogP contribution in [0, 0.1) is 5.92 Å². The van der Waals surface area contributed by atoms with Crippen LogP contribution in [0.1, 0.15) is 5.76 Å². The van der Waals surface area contributed by atoms with Crippen molar-refractivity contribution in [1.82, 2.24) is 10.3 Å². The van der Waals surface area contributed by atoms with E-state index in [9.17, 15) is 0 Å². The Balaban J connectivity index is 1.82. The molecule has 1 N–H and O–H groups in total. The molecule has 0 saturated carbocycles. The van der Waals surface area contributed by atoms with Crippen molar-refractivity contribution in [2.75, 3.05) is 13.1 Å². The Kier molecular flexibility index (Phi) is 2.87. The number of oxazole rings is 1. The molecule has 88 valence electrons. The summed E-state index contributed by atoms with van der Waals surface area (Å²) in [6, 6.07) is 7.59. The predicted octanol–water partition coefficient (Wildman–Crippen LogP) is 2.76. The summed E-state index contributed by atoms with van der Waals surface area (Å²) in [5.41, 5.74) is 0.854. The van der Waals surface area contributed by atoms with E-state index in [0.717, 1.165) is 30.8 Å². The highest BCUT2D eigenvalue weighted by molar-refractivity contribution is 6.33. The number of hydrogen-bond acceptors (Lipinski definition) is 3. The summed E-state index contributed by atoms with van der Waals surface area (Å²) in [5.74, 6) is 2.23. The van der Waals surface area contributed by atoms with Crippen molar-refractivity contribution in [3.8, 4) is 11.5 Å². The number of halogens is 1. The average Bonchev–Trinajstić information content (AvgIpc) is 2.73. The molecule has 2 heterocycles. The molecule has 4 heteroatoms. The van der Waals surface area contributed by atoms with Crippen molar-refractivity contribution >= 4 is 11.6 Å². The lowest BCUT2D eigenvalue weighted by Gasteiger charge is -2.25. The zero-order chi connectivity index (χ0) is 11.7. The molecule has 3 rings (SSSR count). The van der Waals surface area contributed by atoms with Gasteiger partial charge in [-0.05, 0) is 31.1 Å². The van der Waals surface area contributed by atoms with Gasteiger partial charge in [0, 0.05) is 6.42 Å². The first-order valence-corrected chi connectivity index (χ1v) is 6.11. The van der Waals surface area contributed by atoms with Crippen LogP contribution in [0.2, 0.25) is 5.02 Å². The van der Waals surface area contributed by atoms with E-state index < -0.39 is 0 Å². The lowest BCUT2D eigenvalue weighted by atomic mass is 9.98. The van der Waals surface area contributed by atoms with E-state index >= 15 is 0 Å². The normalized spacial score (nSPS) is 15.8. The van der Waals surface area contributed by atoms with E-state index in [0.29, 0.717) is 16.8 Å². The molecule has 0 unspecified atom stereocenters. The highest BCUT2D eigenvalue weighted by Crippen LogP contribution is 2.27. The predicted molar refractivity (Wildman–Crippen MR) is 67.0 cm³/mol. The molecule has 1 aromatic heterocycles. The van der Waals surface area contributed by atoms with Gasteiger partial charge in [-0.1, -0.05) is 23.7 Å². The second kappa shape index (κ2) is 4.51. The van der Waals surface area contributed by atoms with E-state index in [1.54, 1.807) is 6.20 Å². The van der Waals surface area contributed by atoms with Crippen molar-refractivity contribution in [2.24, 2.45) is 5.92 Å². The highest BCUT2D eigenvalue weighted by atomic mass is 35.5. The zero-order valence-corrected chi connectivity index (χ0v) is 10.1. The molecule has 1 fully saturated rings. The van der Waals surface area contributed by atoms with Gasteiger partial charge in [-0.15, -0.1) is 0 Å². The number of nitrogens with one attached hydrogen (secondary N) is 1. The smallest absolute Gasteiger partial charge is 0.227 e. The topological polar surface area (TPSA) is 38.1 Å². The molecular weight excluding hydrogens is 236 g/mol. The Hall–Kier alpha value is -1.32.